The Kier molecular flexibility index (Phi) is 4.95. The van der Waals surface area contributed by atoms with Gasteiger partial charge in [-0.05, 0) is 32.8 Å². The highest BCUT2D eigenvalue weighted by Gasteiger charge is 2.10. The average Bonchev–Trinajstić information content (AvgIpc) is 2.31. The van der Waals surface area contributed by atoms with E-state index in [-0.39, 0.29) is 0 Å². The Balaban J connectivity index is 3.29. The first kappa shape index (κ1) is 14.3. The summed E-state index contributed by atoms with van der Waals surface area (Å²) in [4.78, 5) is 11.4. The minimum absolute atomic E-state index is 0.391. The normalized spacial score (nSPS) is 12.7. The van der Waals surface area contributed by atoms with Crippen LogP contribution in [0.2, 0.25) is 0 Å². The van der Waals surface area contributed by atoms with E-state index in [9.17, 15) is 4.79 Å². The van der Waals surface area contributed by atoms with E-state index in [1.165, 1.54) is 6.07 Å². The summed E-state index contributed by atoms with van der Waals surface area (Å²) in [5.41, 5.74) is 2.53. The van der Waals surface area contributed by atoms with Crippen molar-refractivity contribution in [2.75, 3.05) is 7.11 Å². The monoisotopic (exact) mass is 248 g/mol. The van der Waals surface area contributed by atoms with Crippen molar-refractivity contribution in [2.24, 2.45) is 0 Å². The first-order valence-electron chi connectivity index (χ1n) is 6.03. The summed E-state index contributed by atoms with van der Waals surface area (Å²) in [6.45, 7) is 7.93. The predicted octanol–water partition coefficient (Wildman–Crippen LogP) is 3.72. The average molecular weight is 248 g/mol. The summed E-state index contributed by atoms with van der Waals surface area (Å²) in [5.74, 6) is 1.15. The highest BCUT2D eigenvalue weighted by molar-refractivity contribution is 5.66. The summed E-state index contributed by atoms with van der Waals surface area (Å²) < 4.78 is 10.4. The number of rotatable bonds is 4. The molecule has 0 aliphatic heterocycles. The van der Waals surface area contributed by atoms with E-state index < -0.39 is 5.63 Å². The number of ether oxygens (including phenoxy) is 1. The Bertz CT molecular complexity index is 533. The molecule has 0 saturated heterocycles. The van der Waals surface area contributed by atoms with Crippen LogP contribution in [0.1, 0.15) is 38.5 Å². The van der Waals surface area contributed by atoms with Gasteiger partial charge in [0.15, 0.2) is 0 Å². The van der Waals surface area contributed by atoms with Gasteiger partial charge in [0, 0.05) is 5.56 Å². The van der Waals surface area contributed by atoms with Gasteiger partial charge in [0.2, 0.25) is 0 Å². The van der Waals surface area contributed by atoms with Crippen LogP contribution >= 0.6 is 0 Å². The molecule has 0 atom stereocenters. The maximum absolute atomic E-state index is 11.4. The van der Waals surface area contributed by atoms with Crippen molar-refractivity contribution in [3.05, 3.63) is 45.5 Å². The van der Waals surface area contributed by atoms with Gasteiger partial charge >= 0.3 is 5.63 Å². The SMILES string of the molecule is CC/C=C(C)/C=C(\C)c1oc(=O)cc(OC)c1C. The number of hydrogen-bond acceptors (Lipinski definition) is 3. The fourth-order valence-electron chi connectivity index (χ4n) is 1.91. The molecule has 1 aromatic heterocycles. The molecule has 3 nitrogen and oxygen atoms in total. The highest BCUT2D eigenvalue weighted by atomic mass is 16.5. The number of hydrogen-bond donors (Lipinski definition) is 0. The number of methoxy groups -OCH3 is 1. The molecular formula is C15H20O3. The van der Waals surface area contributed by atoms with Crippen LogP contribution in [0.3, 0.4) is 0 Å². The Hall–Kier alpha value is -1.77. The van der Waals surface area contributed by atoms with Crippen molar-refractivity contribution < 1.29 is 9.15 Å². The van der Waals surface area contributed by atoms with E-state index >= 15 is 0 Å². The van der Waals surface area contributed by atoms with Gasteiger partial charge in [0.1, 0.15) is 11.5 Å². The summed E-state index contributed by atoms with van der Waals surface area (Å²) >= 11 is 0. The van der Waals surface area contributed by atoms with Crippen molar-refractivity contribution in [1.82, 2.24) is 0 Å². The molecule has 0 bridgehead atoms. The summed E-state index contributed by atoms with van der Waals surface area (Å²) in [6, 6.07) is 1.36. The highest BCUT2D eigenvalue weighted by Crippen LogP contribution is 2.25. The Labute approximate surface area is 108 Å². The molecule has 0 aliphatic carbocycles. The fourth-order valence-corrected chi connectivity index (χ4v) is 1.91. The second-order valence-electron chi connectivity index (χ2n) is 4.27. The van der Waals surface area contributed by atoms with Gasteiger partial charge in [0.05, 0.1) is 13.2 Å². The van der Waals surface area contributed by atoms with Crippen molar-refractivity contribution in [1.29, 1.82) is 0 Å². The lowest BCUT2D eigenvalue weighted by atomic mass is 10.1. The van der Waals surface area contributed by atoms with Gasteiger partial charge in [-0.2, -0.15) is 0 Å². The van der Waals surface area contributed by atoms with E-state index in [0.717, 1.165) is 23.1 Å². The Morgan fingerprint density at radius 3 is 2.67 bits per heavy atom. The summed E-state index contributed by atoms with van der Waals surface area (Å²) in [7, 11) is 1.55. The zero-order chi connectivity index (χ0) is 13.7. The number of allylic oxidation sites excluding steroid dienone is 4. The van der Waals surface area contributed by atoms with Gasteiger partial charge in [-0.25, -0.2) is 4.79 Å². The van der Waals surface area contributed by atoms with E-state index in [1.807, 2.05) is 26.8 Å². The summed E-state index contributed by atoms with van der Waals surface area (Å²) in [6.07, 6.45) is 5.11. The second-order valence-corrected chi connectivity index (χ2v) is 4.27. The lowest BCUT2D eigenvalue weighted by Crippen LogP contribution is -2.03. The molecule has 0 aliphatic rings. The van der Waals surface area contributed by atoms with E-state index in [4.69, 9.17) is 9.15 Å². The second kappa shape index (κ2) is 6.24. The quantitative estimate of drug-likeness (QED) is 0.762. The molecule has 98 valence electrons. The van der Waals surface area contributed by atoms with Crippen LogP contribution in [0.4, 0.5) is 0 Å². The Morgan fingerprint density at radius 1 is 1.44 bits per heavy atom. The van der Waals surface area contributed by atoms with Crippen molar-refractivity contribution in [2.45, 2.75) is 34.1 Å². The maximum Gasteiger partial charge on any atom is 0.339 e. The molecule has 18 heavy (non-hydrogen) atoms. The molecule has 3 heteroatoms. The largest absolute Gasteiger partial charge is 0.496 e. The molecule has 0 aromatic carbocycles. The third kappa shape index (κ3) is 3.36. The first-order valence-corrected chi connectivity index (χ1v) is 6.03. The molecule has 1 aromatic rings. The van der Waals surface area contributed by atoms with Crippen LogP contribution in [0.25, 0.3) is 5.57 Å². The molecular weight excluding hydrogens is 228 g/mol. The lowest BCUT2D eigenvalue weighted by molar-refractivity contribution is 0.395. The zero-order valence-corrected chi connectivity index (χ0v) is 11.7. The van der Waals surface area contributed by atoms with Gasteiger partial charge in [0.25, 0.3) is 0 Å². The molecule has 0 amide bonds. The van der Waals surface area contributed by atoms with Crippen LogP contribution in [0, 0.1) is 6.92 Å². The topological polar surface area (TPSA) is 39.4 Å². The zero-order valence-electron chi connectivity index (χ0n) is 11.7. The van der Waals surface area contributed by atoms with Crippen LogP contribution in [-0.4, -0.2) is 7.11 Å². The minimum Gasteiger partial charge on any atom is -0.496 e. The standard InChI is InChI=1S/C15H20O3/c1-6-7-10(2)8-11(3)15-12(4)13(17-5)9-14(16)18-15/h7-9H,6H2,1-5H3/b10-7+,11-8+. The minimum atomic E-state index is -0.391. The maximum atomic E-state index is 11.4. The van der Waals surface area contributed by atoms with E-state index in [2.05, 4.69) is 13.0 Å². The van der Waals surface area contributed by atoms with E-state index in [1.54, 1.807) is 7.11 Å². The van der Waals surface area contributed by atoms with Crippen LogP contribution in [0.5, 0.6) is 5.75 Å². The third-order valence-corrected chi connectivity index (χ3v) is 2.71. The lowest BCUT2D eigenvalue weighted by Gasteiger charge is -2.08. The van der Waals surface area contributed by atoms with Crippen molar-refractivity contribution in [3.8, 4) is 5.75 Å². The molecule has 1 rings (SSSR count). The summed E-state index contributed by atoms with van der Waals surface area (Å²) in [5, 5.41) is 0. The molecule has 0 N–H and O–H groups in total. The molecule has 0 radical (unpaired) electrons. The third-order valence-electron chi connectivity index (χ3n) is 2.71. The van der Waals surface area contributed by atoms with Gasteiger partial charge in [-0.3, -0.25) is 0 Å². The predicted molar refractivity (Wildman–Crippen MR) is 74.0 cm³/mol. The molecule has 0 saturated carbocycles. The van der Waals surface area contributed by atoms with Gasteiger partial charge in [-0.1, -0.05) is 24.6 Å². The fraction of sp³-hybridized carbons (Fsp3) is 0.400. The van der Waals surface area contributed by atoms with Crippen molar-refractivity contribution in [3.63, 3.8) is 0 Å². The molecule has 0 unspecified atom stereocenters. The Morgan fingerprint density at radius 2 is 2.11 bits per heavy atom. The molecule has 1 heterocycles. The smallest absolute Gasteiger partial charge is 0.339 e. The van der Waals surface area contributed by atoms with Gasteiger partial charge < -0.3 is 9.15 Å². The van der Waals surface area contributed by atoms with E-state index in [0.29, 0.717) is 11.5 Å². The first-order chi connectivity index (χ1) is 8.49. The van der Waals surface area contributed by atoms with Gasteiger partial charge in [-0.15, -0.1) is 0 Å². The van der Waals surface area contributed by atoms with Crippen LogP contribution in [-0.2, 0) is 0 Å². The van der Waals surface area contributed by atoms with Crippen molar-refractivity contribution >= 4 is 5.57 Å². The molecule has 0 fully saturated rings. The van der Waals surface area contributed by atoms with Crippen LogP contribution in [0.15, 0.2) is 33.0 Å². The van der Waals surface area contributed by atoms with Crippen LogP contribution < -0.4 is 10.4 Å². The molecule has 0 spiro atoms.